The molecule has 4 heteroatoms. The number of rotatable bonds is 4. The van der Waals surface area contributed by atoms with Crippen molar-refractivity contribution in [2.24, 2.45) is 5.73 Å². The predicted octanol–water partition coefficient (Wildman–Crippen LogP) is 2.28. The van der Waals surface area contributed by atoms with Crippen molar-refractivity contribution >= 4 is 11.6 Å². The number of halogens is 1. The van der Waals surface area contributed by atoms with Gasteiger partial charge in [-0.2, -0.15) is 0 Å². The van der Waals surface area contributed by atoms with Gasteiger partial charge in [-0.05, 0) is 37.6 Å². The van der Waals surface area contributed by atoms with Crippen LogP contribution in [0.1, 0.15) is 18.4 Å². The Balaban J connectivity index is 1.87. The van der Waals surface area contributed by atoms with Crippen LogP contribution in [0.15, 0.2) is 24.3 Å². The van der Waals surface area contributed by atoms with Crippen molar-refractivity contribution in [3.63, 3.8) is 0 Å². The number of hydrogen-bond donors (Lipinski definition) is 1. The fourth-order valence-electron chi connectivity index (χ4n) is 2.43. The van der Waals surface area contributed by atoms with Crippen molar-refractivity contribution in [3.8, 4) is 0 Å². The lowest BCUT2D eigenvalue weighted by molar-refractivity contribution is 0.0402. The van der Waals surface area contributed by atoms with Gasteiger partial charge in [-0.15, -0.1) is 0 Å². The van der Waals surface area contributed by atoms with Crippen molar-refractivity contribution < 1.29 is 4.74 Å². The lowest BCUT2D eigenvalue weighted by Gasteiger charge is -2.36. The van der Waals surface area contributed by atoms with Crippen LogP contribution >= 0.6 is 11.6 Å². The molecule has 1 saturated heterocycles. The fourth-order valence-corrected chi connectivity index (χ4v) is 2.56. The van der Waals surface area contributed by atoms with E-state index >= 15 is 0 Å². The van der Waals surface area contributed by atoms with Crippen molar-refractivity contribution in [2.45, 2.75) is 24.9 Å². The molecular formula is C14H21ClN2O. The van der Waals surface area contributed by atoms with Crippen LogP contribution in [0.5, 0.6) is 0 Å². The van der Waals surface area contributed by atoms with Crippen LogP contribution in [-0.4, -0.2) is 37.2 Å². The third-order valence-electron chi connectivity index (χ3n) is 3.44. The average molecular weight is 269 g/mol. The lowest BCUT2D eigenvalue weighted by Crippen LogP contribution is -2.52. The van der Waals surface area contributed by atoms with E-state index < -0.39 is 0 Å². The molecule has 1 aromatic carbocycles. The molecule has 1 aliphatic rings. The van der Waals surface area contributed by atoms with E-state index in [-0.39, 0.29) is 5.54 Å². The van der Waals surface area contributed by atoms with Crippen LogP contribution in [0.25, 0.3) is 0 Å². The molecule has 2 N–H and O–H groups in total. The smallest absolute Gasteiger partial charge is 0.0484 e. The van der Waals surface area contributed by atoms with Crippen LogP contribution in [0.4, 0.5) is 0 Å². The summed E-state index contributed by atoms with van der Waals surface area (Å²) in [4.78, 5) is 2.27. The molecule has 0 unspecified atom stereocenters. The minimum Gasteiger partial charge on any atom is -0.381 e. The molecule has 0 aromatic heterocycles. The van der Waals surface area contributed by atoms with E-state index in [0.717, 1.165) is 44.2 Å². The van der Waals surface area contributed by atoms with E-state index in [2.05, 4.69) is 24.1 Å². The Hall–Kier alpha value is -0.610. The molecule has 0 atom stereocenters. The highest BCUT2D eigenvalue weighted by molar-refractivity contribution is 6.30. The number of nitrogens with two attached hydrogens (primary N) is 1. The molecule has 3 nitrogen and oxygen atoms in total. The summed E-state index contributed by atoms with van der Waals surface area (Å²) in [5.41, 5.74) is 7.56. The molecule has 0 radical (unpaired) electrons. The van der Waals surface area contributed by atoms with Crippen LogP contribution in [0.2, 0.25) is 5.02 Å². The third kappa shape index (κ3) is 3.95. The second-order valence-corrected chi connectivity index (χ2v) is 5.71. The Labute approximate surface area is 114 Å². The summed E-state index contributed by atoms with van der Waals surface area (Å²) in [6, 6.07) is 7.98. The predicted molar refractivity (Wildman–Crippen MR) is 74.8 cm³/mol. The maximum absolute atomic E-state index is 6.39. The maximum atomic E-state index is 6.39. The Morgan fingerprint density at radius 3 is 2.50 bits per heavy atom. The highest BCUT2D eigenvalue weighted by Crippen LogP contribution is 2.19. The molecule has 0 amide bonds. The zero-order valence-corrected chi connectivity index (χ0v) is 11.6. The van der Waals surface area contributed by atoms with Crippen molar-refractivity contribution in [1.82, 2.24) is 4.90 Å². The Morgan fingerprint density at radius 2 is 1.89 bits per heavy atom. The van der Waals surface area contributed by atoms with Gasteiger partial charge in [-0.1, -0.05) is 23.7 Å². The summed E-state index contributed by atoms with van der Waals surface area (Å²) in [6.45, 7) is 3.37. The first kappa shape index (κ1) is 13.8. The van der Waals surface area contributed by atoms with Crippen LogP contribution in [-0.2, 0) is 11.3 Å². The Kier molecular flexibility index (Phi) is 4.62. The van der Waals surface area contributed by atoms with E-state index in [4.69, 9.17) is 22.1 Å². The molecule has 0 bridgehead atoms. The van der Waals surface area contributed by atoms with Crippen molar-refractivity contribution in [1.29, 1.82) is 0 Å². The fraction of sp³-hybridized carbons (Fsp3) is 0.571. The standard InChI is InChI=1S/C14H21ClN2O/c1-17(10-12-2-4-13(15)5-3-12)11-14(16)6-8-18-9-7-14/h2-5H,6-11,16H2,1H3. The molecule has 1 aliphatic heterocycles. The van der Waals surface area contributed by atoms with E-state index in [1.54, 1.807) is 0 Å². The molecule has 0 saturated carbocycles. The molecule has 1 aromatic rings. The first-order valence-electron chi connectivity index (χ1n) is 6.37. The van der Waals surface area contributed by atoms with Gasteiger partial charge in [0.2, 0.25) is 0 Å². The third-order valence-corrected chi connectivity index (χ3v) is 3.69. The monoisotopic (exact) mass is 268 g/mol. The molecule has 0 spiro atoms. The Bertz CT molecular complexity index is 374. The first-order valence-corrected chi connectivity index (χ1v) is 6.75. The zero-order valence-electron chi connectivity index (χ0n) is 10.9. The van der Waals surface area contributed by atoms with Gasteiger partial charge in [-0.25, -0.2) is 0 Å². The van der Waals surface area contributed by atoms with Gasteiger partial charge < -0.3 is 15.4 Å². The normalized spacial score (nSPS) is 19.1. The maximum Gasteiger partial charge on any atom is 0.0484 e. The SMILES string of the molecule is CN(Cc1ccc(Cl)cc1)CC1(N)CCOCC1. The van der Waals surface area contributed by atoms with Gasteiger partial charge in [0.05, 0.1) is 0 Å². The van der Waals surface area contributed by atoms with Gasteiger partial charge in [0.25, 0.3) is 0 Å². The van der Waals surface area contributed by atoms with Gasteiger partial charge in [0.15, 0.2) is 0 Å². The molecule has 18 heavy (non-hydrogen) atoms. The largest absolute Gasteiger partial charge is 0.381 e. The summed E-state index contributed by atoms with van der Waals surface area (Å²) in [5.74, 6) is 0. The van der Waals surface area contributed by atoms with Crippen molar-refractivity contribution in [2.75, 3.05) is 26.8 Å². The summed E-state index contributed by atoms with van der Waals surface area (Å²) in [7, 11) is 2.11. The minimum absolute atomic E-state index is 0.0978. The number of ether oxygens (including phenoxy) is 1. The van der Waals surface area contributed by atoms with E-state index in [1.807, 2.05) is 12.1 Å². The molecule has 0 aliphatic carbocycles. The zero-order chi connectivity index (χ0) is 13.0. The van der Waals surface area contributed by atoms with Gasteiger partial charge >= 0.3 is 0 Å². The topological polar surface area (TPSA) is 38.5 Å². The molecule has 2 rings (SSSR count). The summed E-state index contributed by atoms with van der Waals surface area (Å²) in [5, 5.41) is 0.779. The lowest BCUT2D eigenvalue weighted by atomic mass is 9.91. The summed E-state index contributed by atoms with van der Waals surface area (Å²) in [6.07, 6.45) is 1.88. The number of nitrogens with zero attached hydrogens (tertiary/aromatic N) is 1. The number of benzene rings is 1. The molecular weight excluding hydrogens is 248 g/mol. The Morgan fingerprint density at radius 1 is 1.28 bits per heavy atom. The number of likely N-dealkylation sites (N-methyl/N-ethyl adjacent to an activating group) is 1. The van der Waals surface area contributed by atoms with Gasteiger partial charge in [0, 0.05) is 36.9 Å². The molecule has 1 fully saturated rings. The number of hydrogen-bond acceptors (Lipinski definition) is 3. The van der Waals surface area contributed by atoms with Gasteiger partial charge in [-0.3, -0.25) is 0 Å². The second-order valence-electron chi connectivity index (χ2n) is 5.27. The second kappa shape index (κ2) is 6.02. The minimum atomic E-state index is -0.0978. The summed E-state index contributed by atoms with van der Waals surface area (Å²) >= 11 is 5.88. The van der Waals surface area contributed by atoms with Crippen LogP contribution in [0, 0.1) is 0 Å². The molecule has 100 valence electrons. The highest BCUT2D eigenvalue weighted by Gasteiger charge is 2.29. The van der Waals surface area contributed by atoms with Gasteiger partial charge in [0.1, 0.15) is 0 Å². The van der Waals surface area contributed by atoms with Crippen LogP contribution in [0.3, 0.4) is 0 Å². The van der Waals surface area contributed by atoms with Crippen LogP contribution < -0.4 is 5.73 Å². The van der Waals surface area contributed by atoms with E-state index in [0.29, 0.717) is 0 Å². The van der Waals surface area contributed by atoms with E-state index in [9.17, 15) is 0 Å². The highest BCUT2D eigenvalue weighted by atomic mass is 35.5. The first-order chi connectivity index (χ1) is 8.57. The van der Waals surface area contributed by atoms with E-state index in [1.165, 1.54) is 5.56 Å². The van der Waals surface area contributed by atoms with Crippen molar-refractivity contribution in [3.05, 3.63) is 34.9 Å². The molecule has 1 heterocycles. The quantitative estimate of drug-likeness (QED) is 0.911. The average Bonchev–Trinajstić information content (AvgIpc) is 2.32. The summed E-state index contributed by atoms with van der Waals surface area (Å²) < 4.78 is 5.36.